The predicted octanol–water partition coefficient (Wildman–Crippen LogP) is 1.77. The molecule has 0 aliphatic carbocycles. The first-order valence-corrected chi connectivity index (χ1v) is 6.77. The van der Waals surface area contributed by atoms with Crippen LogP contribution in [0.4, 0.5) is 11.5 Å². The van der Waals surface area contributed by atoms with Crippen LogP contribution in [-0.4, -0.2) is 13.4 Å². The van der Waals surface area contributed by atoms with Gasteiger partial charge >= 0.3 is 0 Å². The van der Waals surface area contributed by atoms with E-state index in [1.54, 1.807) is 30.5 Å². The Kier molecular flexibility index (Phi) is 3.20. The Morgan fingerprint density at radius 2 is 2.00 bits per heavy atom. The summed E-state index contributed by atoms with van der Waals surface area (Å²) in [5.74, 6) is 0.289. The zero-order valence-corrected chi connectivity index (χ0v) is 10.6. The summed E-state index contributed by atoms with van der Waals surface area (Å²) in [6, 6.07) is 9.55. The fourth-order valence-corrected chi connectivity index (χ4v) is 2.52. The number of anilines is 2. The molecular weight excluding hydrogens is 250 g/mol. The lowest BCUT2D eigenvalue weighted by molar-refractivity contribution is 0.601. The molecule has 0 atom stereocenters. The smallest absolute Gasteiger partial charge is 0.263 e. The Morgan fingerprint density at radius 3 is 2.67 bits per heavy atom. The lowest BCUT2D eigenvalue weighted by Crippen LogP contribution is -2.14. The molecule has 1 heterocycles. The minimum Gasteiger partial charge on any atom is -0.399 e. The van der Waals surface area contributed by atoms with Crippen LogP contribution in [0.5, 0.6) is 0 Å². The van der Waals surface area contributed by atoms with Crippen LogP contribution in [0.2, 0.25) is 0 Å². The van der Waals surface area contributed by atoms with Crippen LogP contribution in [0, 0.1) is 6.92 Å². The van der Waals surface area contributed by atoms with Gasteiger partial charge in [0.1, 0.15) is 5.82 Å². The van der Waals surface area contributed by atoms with Crippen molar-refractivity contribution in [2.24, 2.45) is 0 Å². The number of pyridine rings is 1. The highest BCUT2D eigenvalue weighted by atomic mass is 32.2. The van der Waals surface area contributed by atoms with Gasteiger partial charge in [0.05, 0.1) is 4.90 Å². The van der Waals surface area contributed by atoms with Gasteiger partial charge < -0.3 is 5.73 Å². The first-order chi connectivity index (χ1) is 8.47. The van der Waals surface area contributed by atoms with Crippen molar-refractivity contribution >= 4 is 21.5 Å². The molecule has 18 heavy (non-hydrogen) atoms. The quantitative estimate of drug-likeness (QED) is 0.826. The van der Waals surface area contributed by atoms with E-state index in [9.17, 15) is 8.42 Å². The summed E-state index contributed by atoms with van der Waals surface area (Å²) in [6.45, 7) is 1.86. The van der Waals surface area contributed by atoms with Crippen molar-refractivity contribution in [2.75, 3.05) is 10.5 Å². The Hall–Kier alpha value is -2.08. The van der Waals surface area contributed by atoms with E-state index in [1.165, 1.54) is 12.1 Å². The maximum absolute atomic E-state index is 12.1. The van der Waals surface area contributed by atoms with Gasteiger partial charge in [-0.2, -0.15) is 0 Å². The molecule has 0 radical (unpaired) electrons. The zero-order chi connectivity index (χ0) is 13.2. The lowest BCUT2D eigenvalue weighted by atomic mass is 10.3. The monoisotopic (exact) mass is 263 g/mol. The van der Waals surface area contributed by atoms with Crippen LogP contribution in [0.3, 0.4) is 0 Å². The molecule has 0 saturated carbocycles. The van der Waals surface area contributed by atoms with Crippen LogP contribution >= 0.6 is 0 Å². The summed E-state index contributed by atoms with van der Waals surface area (Å²) in [5, 5.41) is 0. The number of benzene rings is 1. The number of nitrogen functional groups attached to an aromatic ring is 1. The third-order valence-electron chi connectivity index (χ3n) is 2.32. The summed E-state index contributed by atoms with van der Waals surface area (Å²) in [5.41, 5.74) is 6.89. The van der Waals surface area contributed by atoms with E-state index >= 15 is 0 Å². The molecule has 2 rings (SSSR count). The van der Waals surface area contributed by atoms with Gasteiger partial charge in [0, 0.05) is 11.9 Å². The van der Waals surface area contributed by atoms with Gasteiger partial charge in [0.25, 0.3) is 10.0 Å². The third kappa shape index (κ3) is 2.78. The van der Waals surface area contributed by atoms with Gasteiger partial charge in [0.2, 0.25) is 0 Å². The lowest BCUT2D eigenvalue weighted by Gasteiger charge is -2.08. The second-order valence-electron chi connectivity index (χ2n) is 3.90. The SMILES string of the molecule is Cc1ccnc(NS(=O)(=O)c2cccc(N)c2)c1. The van der Waals surface area contributed by atoms with Crippen molar-refractivity contribution in [3.05, 3.63) is 48.2 Å². The highest BCUT2D eigenvalue weighted by Gasteiger charge is 2.14. The Bertz CT molecular complexity index is 669. The number of sulfonamides is 1. The fraction of sp³-hybridized carbons (Fsp3) is 0.0833. The predicted molar refractivity (Wildman–Crippen MR) is 70.6 cm³/mol. The number of nitrogens with two attached hydrogens (primary N) is 1. The van der Waals surface area contributed by atoms with Gasteiger partial charge in [-0.1, -0.05) is 6.07 Å². The number of aromatic nitrogens is 1. The third-order valence-corrected chi connectivity index (χ3v) is 3.68. The molecule has 6 heteroatoms. The number of nitrogens with one attached hydrogen (secondary N) is 1. The van der Waals surface area contributed by atoms with E-state index < -0.39 is 10.0 Å². The van der Waals surface area contributed by atoms with Gasteiger partial charge in [-0.3, -0.25) is 4.72 Å². The first-order valence-electron chi connectivity index (χ1n) is 5.28. The second-order valence-corrected chi connectivity index (χ2v) is 5.58. The molecule has 5 nitrogen and oxygen atoms in total. The fourth-order valence-electron chi connectivity index (χ4n) is 1.47. The Morgan fingerprint density at radius 1 is 1.22 bits per heavy atom. The molecule has 1 aromatic heterocycles. The summed E-state index contributed by atoms with van der Waals surface area (Å²) in [4.78, 5) is 4.07. The Balaban J connectivity index is 2.33. The molecule has 3 N–H and O–H groups in total. The molecular formula is C12H13N3O2S. The van der Waals surface area contributed by atoms with Crippen molar-refractivity contribution in [2.45, 2.75) is 11.8 Å². The van der Waals surface area contributed by atoms with Gasteiger partial charge in [-0.15, -0.1) is 0 Å². The molecule has 0 aliphatic heterocycles. The van der Waals surface area contributed by atoms with E-state index in [1.807, 2.05) is 6.92 Å². The van der Waals surface area contributed by atoms with E-state index in [2.05, 4.69) is 9.71 Å². The summed E-state index contributed by atoms with van der Waals surface area (Å²) >= 11 is 0. The maximum atomic E-state index is 12.1. The summed E-state index contributed by atoms with van der Waals surface area (Å²) in [6.07, 6.45) is 1.55. The van der Waals surface area contributed by atoms with Crippen molar-refractivity contribution in [3.63, 3.8) is 0 Å². The van der Waals surface area contributed by atoms with Crippen molar-refractivity contribution in [1.82, 2.24) is 4.98 Å². The van der Waals surface area contributed by atoms with Crippen molar-refractivity contribution in [3.8, 4) is 0 Å². The van der Waals surface area contributed by atoms with Crippen LogP contribution in [0.15, 0.2) is 47.5 Å². The molecule has 0 saturated heterocycles. The van der Waals surface area contributed by atoms with Crippen LogP contribution < -0.4 is 10.5 Å². The molecule has 0 amide bonds. The molecule has 2 aromatic rings. The zero-order valence-electron chi connectivity index (χ0n) is 9.79. The molecule has 0 bridgehead atoms. The van der Waals surface area contributed by atoms with Crippen LogP contribution in [0.1, 0.15) is 5.56 Å². The van der Waals surface area contributed by atoms with Crippen molar-refractivity contribution < 1.29 is 8.42 Å². The van der Waals surface area contributed by atoms with Crippen LogP contribution in [-0.2, 0) is 10.0 Å². The van der Waals surface area contributed by atoms with E-state index in [-0.39, 0.29) is 10.7 Å². The minimum absolute atomic E-state index is 0.116. The largest absolute Gasteiger partial charge is 0.399 e. The normalized spacial score (nSPS) is 11.2. The summed E-state index contributed by atoms with van der Waals surface area (Å²) < 4.78 is 26.5. The van der Waals surface area contributed by atoms with Gasteiger partial charge in [0.15, 0.2) is 0 Å². The highest BCUT2D eigenvalue weighted by molar-refractivity contribution is 7.92. The number of nitrogens with zero attached hydrogens (tertiary/aromatic N) is 1. The molecule has 0 fully saturated rings. The number of hydrogen-bond acceptors (Lipinski definition) is 4. The van der Waals surface area contributed by atoms with Crippen molar-refractivity contribution in [1.29, 1.82) is 0 Å². The number of hydrogen-bond donors (Lipinski definition) is 2. The highest BCUT2D eigenvalue weighted by Crippen LogP contribution is 2.16. The number of aryl methyl sites for hydroxylation is 1. The molecule has 94 valence electrons. The van der Waals surface area contributed by atoms with Gasteiger partial charge in [-0.25, -0.2) is 13.4 Å². The maximum Gasteiger partial charge on any atom is 0.263 e. The van der Waals surface area contributed by atoms with E-state index in [4.69, 9.17) is 5.73 Å². The standard InChI is InChI=1S/C12H13N3O2S/c1-9-5-6-14-12(7-9)15-18(16,17)11-4-2-3-10(13)8-11/h2-8H,13H2,1H3,(H,14,15). The van der Waals surface area contributed by atoms with E-state index in [0.717, 1.165) is 5.56 Å². The molecule has 0 spiro atoms. The summed E-state index contributed by atoms with van der Waals surface area (Å²) in [7, 11) is -3.65. The minimum atomic E-state index is -3.65. The molecule has 1 aromatic carbocycles. The van der Waals surface area contributed by atoms with Crippen LogP contribution in [0.25, 0.3) is 0 Å². The van der Waals surface area contributed by atoms with E-state index in [0.29, 0.717) is 5.69 Å². The Labute approximate surface area is 106 Å². The van der Waals surface area contributed by atoms with Gasteiger partial charge in [-0.05, 0) is 42.8 Å². The second kappa shape index (κ2) is 4.66. The number of rotatable bonds is 3. The topological polar surface area (TPSA) is 85.1 Å². The molecule has 0 unspecified atom stereocenters. The molecule has 0 aliphatic rings. The average Bonchev–Trinajstić information content (AvgIpc) is 2.28. The first kappa shape index (κ1) is 12.4. The average molecular weight is 263 g/mol.